The second-order valence-electron chi connectivity index (χ2n) is 1.86. The first kappa shape index (κ1) is 8.12. The minimum absolute atomic E-state index is 0.0731. The van der Waals surface area contributed by atoms with Gasteiger partial charge in [0, 0.05) is 11.1 Å². The van der Waals surface area contributed by atoms with Gasteiger partial charge in [0.1, 0.15) is 5.02 Å². The standard InChI is InChI=1S/C6H2Cl2N2O/c7-3-1-4(8)6(10-9)5(11)2-3/h1-2H/p+1. The van der Waals surface area contributed by atoms with E-state index in [4.69, 9.17) is 33.7 Å². The molecule has 0 fully saturated rings. The highest BCUT2D eigenvalue weighted by Gasteiger charge is 2.19. The predicted octanol–water partition coefficient (Wildman–Crippen LogP) is 3.18. The van der Waals surface area contributed by atoms with Crippen LogP contribution in [0.3, 0.4) is 0 Å². The van der Waals surface area contributed by atoms with Gasteiger partial charge in [-0.3, -0.25) is 0 Å². The summed E-state index contributed by atoms with van der Waals surface area (Å²) >= 11 is 11.0. The number of halogens is 2. The fourth-order valence-corrected chi connectivity index (χ4v) is 1.17. The van der Waals surface area contributed by atoms with Gasteiger partial charge >= 0.3 is 5.69 Å². The Hall–Kier alpha value is -0.980. The van der Waals surface area contributed by atoms with Crippen molar-refractivity contribution in [3.05, 3.63) is 27.2 Å². The molecule has 0 aliphatic carbocycles. The van der Waals surface area contributed by atoms with Crippen molar-refractivity contribution < 1.29 is 5.11 Å². The molecule has 11 heavy (non-hydrogen) atoms. The zero-order valence-corrected chi connectivity index (χ0v) is 6.76. The number of phenols is 1. The first-order valence-electron chi connectivity index (χ1n) is 2.68. The Morgan fingerprint density at radius 3 is 2.45 bits per heavy atom. The fourth-order valence-electron chi connectivity index (χ4n) is 0.651. The Kier molecular flexibility index (Phi) is 2.18. The van der Waals surface area contributed by atoms with Crippen LogP contribution in [0.4, 0.5) is 5.69 Å². The summed E-state index contributed by atoms with van der Waals surface area (Å²) in [5.74, 6) is -0.245. The molecule has 0 saturated heterocycles. The molecule has 0 aliphatic heterocycles. The third-order valence-corrected chi connectivity index (χ3v) is 1.61. The molecular formula is C6H3Cl2N2O+. The van der Waals surface area contributed by atoms with Crippen LogP contribution in [0.15, 0.2) is 12.1 Å². The molecule has 3 nitrogen and oxygen atoms in total. The Balaban J connectivity index is 3.40. The first-order chi connectivity index (χ1) is 5.15. The van der Waals surface area contributed by atoms with Crippen molar-refractivity contribution in [2.75, 3.05) is 0 Å². The van der Waals surface area contributed by atoms with E-state index in [1.165, 1.54) is 12.1 Å². The van der Waals surface area contributed by atoms with Gasteiger partial charge in [0.25, 0.3) is 0 Å². The molecule has 5 heteroatoms. The van der Waals surface area contributed by atoms with E-state index in [-0.39, 0.29) is 16.5 Å². The number of rotatable bonds is 0. The van der Waals surface area contributed by atoms with Crippen LogP contribution in [-0.2, 0) is 0 Å². The molecule has 1 rings (SSSR count). The van der Waals surface area contributed by atoms with Crippen LogP contribution < -0.4 is 0 Å². The van der Waals surface area contributed by atoms with E-state index in [0.717, 1.165) is 0 Å². The number of aromatic hydroxyl groups is 1. The number of hydrogen-bond donors (Lipinski definition) is 1. The molecule has 0 bridgehead atoms. The third kappa shape index (κ3) is 1.53. The van der Waals surface area contributed by atoms with E-state index in [9.17, 15) is 0 Å². The van der Waals surface area contributed by atoms with Crippen molar-refractivity contribution in [1.82, 2.24) is 0 Å². The molecule has 0 saturated carbocycles. The first-order valence-corrected chi connectivity index (χ1v) is 3.44. The van der Waals surface area contributed by atoms with Crippen LogP contribution in [0.1, 0.15) is 0 Å². The highest BCUT2D eigenvalue weighted by atomic mass is 35.5. The fraction of sp³-hybridized carbons (Fsp3) is 0. The van der Waals surface area contributed by atoms with Crippen LogP contribution in [0, 0.1) is 5.39 Å². The second-order valence-corrected chi connectivity index (χ2v) is 2.70. The maximum absolute atomic E-state index is 9.05. The minimum atomic E-state index is -0.245. The molecule has 0 atom stereocenters. The topological polar surface area (TPSA) is 48.4 Å². The summed E-state index contributed by atoms with van der Waals surface area (Å²) in [5, 5.41) is 17.8. The van der Waals surface area contributed by atoms with Gasteiger partial charge in [0.15, 0.2) is 4.98 Å². The molecule has 0 radical (unpaired) electrons. The lowest BCUT2D eigenvalue weighted by molar-refractivity contribution is 0.478. The van der Waals surface area contributed by atoms with E-state index in [0.29, 0.717) is 5.02 Å². The largest absolute Gasteiger partial charge is 0.501 e. The van der Waals surface area contributed by atoms with Crippen LogP contribution in [0.5, 0.6) is 5.75 Å². The summed E-state index contributed by atoms with van der Waals surface area (Å²) < 4.78 is 0. The van der Waals surface area contributed by atoms with E-state index in [1.54, 1.807) is 0 Å². The summed E-state index contributed by atoms with van der Waals surface area (Å²) in [5.41, 5.74) is -0.0731. The van der Waals surface area contributed by atoms with Crippen LogP contribution >= 0.6 is 23.2 Å². The molecule has 0 aliphatic rings. The third-order valence-electron chi connectivity index (χ3n) is 1.11. The van der Waals surface area contributed by atoms with Gasteiger partial charge in [0.2, 0.25) is 11.1 Å². The van der Waals surface area contributed by atoms with Crippen molar-refractivity contribution in [2.45, 2.75) is 0 Å². The highest BCUT2D eigenvalue weighted by Crippen LogP contribution is 2.36. The van der Waals surface area contributed by atoms with Crippen LogP contribution in [-0.4, -0.2) is 5.11 Å². The molecule has 1 N–H and O–H groups in total. The van der Waals surface area contributed by atoms with Gasteiger partial charge in [-0.1, -0.05) is 23.2 Å². The van der Waals surface area contributed by atoms with Gasteiger partial charge in [0.05, 0.1) is 0 Å². The molecule has 0 aromatic heterocycles. The normalized spacial score (nSPS) is 9.18. The van der Waals surface area contributed by atoms with E-state index in [2.05, 4.69) is 4.98 Å². The average Bonchev–Trinajstić information content (AvgIpc) is 1.85. The van der Waals surface area contributed by atoms with E-state index < -0.39 is 0 Å². The number of diazo groups is 1. The molecule has 56 valence electrons. The average molecular weight is 190 g/mol. The quantitative estimate of drug-likeness (QED) is 0.638. The summed E-state index contributed by atoms with van der Waals surface area (Å²) in [4.78, 5) is 2.77. The van der Waals surface area contributed by atoms with Crippen molar-refractivity contribution in [3.8, 4) is 5.75 Å². The lowest BCUT2D eigenvalue weighted by Crippen LogP contribution is -1.69. The number of hydrogen-bond acceptors (Lipinski definition) is 2. The molecule has 0 spiro atoms. The number of phenolic OH excluding ortho intramolecular Hbond substituents is 1. The highest BCUT2D eigenvalue weighted by molar-refractivity contribution is 6.36. The van der Waals surface area contributed by atoms with Gasteiger partial charge in [-0.15, -0.1) is 0 Å². The molecule has 0 unspecified atom stereocenters. The summed E-state index contributed by atoms with van der Waals surface area (Å²) in [6.45, 7) is 0. The van der Waals surface area contributed by atoms with Crippen molar-refractivity contribution in [2.24, 2.45) is 0 Å². The Bertz CT molecular complexity index is 309. The number of benzene rings is 1. The second kappa shape index (κ2) is 2.95. The van der Waals surface area contributed by atoms with Gasteiger partial charge in [-0.05, 0) is 6.07 Å². The van der Waals surface area contributed by atoms with Gasteiger partial charge < -0.3 is 5.11 Å². The Morgan fingerprint density at radius 1 is 1.36 bits per heavy atom. The summed E-state index contributed by atoms with van der Waals surface area (Å²) in [7, 11) is 0. The lowest BCUT2D eigenvalue weighted by Gasteiger charge is -1.90. The molecule has 1 aromatic carbocycles. The smallest absolute Gasteiger partial charge is 0.444 e. The summed E-state index contributed by atoms with van der Waals surface area (Å²) in [6, 6.07) is 2.61. The SMILES string of the molecule is N#[N+]c1c(O)cc(Cl)cc1Cl. The van der Waals surface area contributed by atoms with Gasteiger partial charge in [-0.25, -0.2) is 0 Å². The van der Waals surface area contributed by atoms with Crippen molar-refractivity contribution in [1.29, 1.82) is 5.39 Å². The zero-order valence-electron chi connectivity index (χ0n) is 5.25. The van der Waals surface area contributed by atoms with E-state index >= 15 is 0 Å². The zero-order chi connectivity index (χ0) is 8.43. The van der Waals surface area contributed by atoms with Crippen LogP contribution in [0.2, 0.25) is 10.0 Å². The van der Waals surface area contributed by atoms with Gasteiger partial charge in [-0.2, -0.15) is 0 Å². The lowest BCUT2D eigenvalue weighted by atomic mass is 10.3. The molecule has 0 amide bonds. The van der Waals surface area contributed by atoms with E-state index in [1.807, 2.05) is 0 Å². The Morgan fingerprint density at radius 2 is 2.00 bits per heavy atom. The number of nitrogens with zero attached hydrogens (tertiary/aromatic N) is 2. The summed E-state index contributed by atoms with van der Waals surface area (Å²) in [6.07, 6.45) is 0. The van der Waals surface area contributed by atoms with Crippen LogP contribution in [0.25, 0.3) is 4.98 Å². The predicted molar refractivity (Wildman–Crippen MR) is 42.9 cm³/mol. The van der Waals surface area contributed by atoms with Crippen molar-refractivity contribution >= 4 is 28.9 Å². The molecular weight excluding hydrogens is 187 g/mol. The molecule has 0 heterocycles. The minimum Gasteiger partial charge on any atom is -0.501 e. The Labute approximate surface area is 72.8 Å². The maximum atomic E-state index is 9.05. The molecule has 1 aromatic rings. The maximum Gasteiger partial charge on any atom is 0.444 e. The van der Waals surface area contributed by atoms with Crippen molar-refractivity contribution in [3.63, 3.8) is 0 Å². The monoisotopic (exact) mass is 189 g/mol.